The van der Waals surface area contributed by atoms with Crippen LogP contribution in [0.3, 0.4) is 0 Å². The van der Waals surface area contributed by atoms with Crippen LogP contribution in [0.4, 0.5) is 0 Å². The molecular weight excluding hydrogens is 280 g/mol. The highest BCUT2D eigenvalue weighted by molar-refractivity contribution is 7.99. The van der Waals surface area contributed by atoms with E-state index in [0.29, 0.717) is 0 Å². The summed E-state index contributed by atoms with van der Waals surface area (Å²) in [6, 6.07) is 13.5. The highest BCUT2D eigenvalue weighted by Crippen LogP contribution is 2.29. The Labute approximate surface area is 121 Å². The molecule has 0 bridgehead atoms. The minimum absolute atomic E-state index is 0.0672. The van der Waals surface area contributed by atoms with Crippen molar-refractivity contribution in [3.05, 3.63) is 58.6 Å². The first kappa shape index (κ1) is 14.0. The van der Waals surface area contributed by atoms with Crippen molar-refractivity contribution in [2.75, 3.05) is 0 Å². The SMILES string of the molecule is Cc1cc(Sc2ccc(Cl)cc2)ccc1CC(=O)O. The topological polar surface area (TPSA) is 37.3 Å². The van der Waals surface area contributed by atoms with E-state index in [1.165, 1.54) is 0 Å². The summed E-state index contributed by atoms with van der Waals surface area (Å²) in [5.74, 6) is -0.804. The second-order valence-corrected chi connectivity index (χ2v) is 5.80. The minimum Gasteiger partial charge on any atom is -0.481 e. The molecule has 1 N–H and O–H groups in total. The first-order valence-corrected chi connectivity index (χ1v) is 6.99. The largest absolute Gasteiger partial charge is 0.481 e. The summed E-state index contributed by atoms with van der Waals surface area (Å²) in [5.41, 5.74) is 1.86. The average molecular weight is 293 g/mol. The smallest absolute Gasteiger partial charge is 0.307 e. The van der Waals surface area contributed by atoms with Crippen molar-refractivity contribution in [1.29, 1.82) is 0 Å². The molecule has 0 saturated heterocycles. The van der Waals surface area contributed by atoms with Crippen LogP contribution in [0.25, 0.3) is 0 Å². The van der Waals surface area contributed by atoms with Gasteiger partial charge >= 0.3 is 5.97 Å². The van der Waals surface area contributed by atoms with Crippen molar-refractivity contribution in [3.8, 4) is 0 Å². The van der Waals surface area contributed by atoms with Crippen LogP contribution in [0, 0.1) is 6.92 Å². The molecule has 98 valence electrons. The number of aryl methyl sites for hydroxylation is 1. The monoisotopic (exact) mass is 292 g/mol. The molecule has 0 saturated carbocycles. The number of hydrogen-bond donors (Lipinski definition) is 1. The zero-order valence-electron chi connectivity index (χ0n) is 10.4. The third-order valence-corrected chi connectivity index (χ3v) is 3.95. The lowest BCUT2D eigenvalue weighted by Gasteiger charge is -2.07. The summed E-state index contributed by atoms with van der Waals surface area (Å²) in [7, 11) is 0. The fourth-order valence-corrected chi connectivity index (χ4v) is 2.77. The standard InChI is InChI=1S/C15H13ClO2S/c1-10-8-14(5-2-11(10)9-15(17)18)19-13-6-3-12(16)4-7-13/h2-8H,9H2,1H3,(H,17,18). The number of rotatable bonds is 4. The molecule has 2 aromatic rings. The molecule has 2 rings (SSSR count). The van der Waals surface area contributed by atoms with Gasteiger partial charge in [0, 0.05) is 14.8 Å². The van der Waals surface area contributed by atoms with Gasteiger partial charge in [0.15, 0.2) is 0 Å². The van der Waals surface area contributed by atoms with Crippen LogP contribution in [-0.4, -0.2) is 11.1 Å². The van der Waals surface area contributed by atoms with Gasteiger partial charge in [0.25, 0.3) is 0 Å². The highest BCUT2D eigenvalue weighted by atomic mass is 35.5. The van der Waals surface area contributed by atoms with E-state index in [1.807, 2.05) is 49.4 Å². The second kappa shape index (κ2) is 6.13. The normalized spacial score (nSPS) is 10.4. The van der Waals surface area contributed by atoms with Crippen molar-refractivity contribution < 1.29 is 9.90 Å². The molecule has 0 aliphatic heterocycles. The molecule has 0 aromatic heterocycles. The molecular formula is C15H13ClO2S. The fourth-order valence-electron chi connectivity index (χ4n) is 1.73. The van der Waals surface area contributed by atoms with Gasteiger partial charge in [-0.2, -0.15) is 0 Å². The number of carboxylic acids is 1. The number of aliphatic carboxylic acids is 1. The first-order chi connectivity index (χ1) is 9.04. The molecule has 0 aliphatic carbocycles. The van der Waals surface area contributed by atoms with Gasteiger partial charge < -0.3 is 5.11 Å². The summed E-state index contributed by atoms with van der Waals surface area (Å²) < 4.78 is 0. The van der Waals surface area contributed by atoms with Gasteiger partial charge in [0.1, 0.15) is 0 Å². The Bertz CT molecular complexity index is 594. The molecule has 2 nitrogen and oxygen atoms in total. The third kappa shape index (κ3) is 4.01. The maximum Gasteiger partial charge on any atom is 0.307 e. The van der Waals surface area contributed by atoms with Crippen molar-refractivity contribution in [2.45, 2.75) is 23.1 Å². The molecule has 0 radical (unpaired) electrons. The van der Waals surface area contributed by atoms with E-state index in [4.69, 9.17) is 16.7 Å². The predicted molar refractivity (Wildman–Crippen MR) is 78.1 cm³/mol. The summed E-state index contributed by atoms with van der Waals surface area (Å²) in [6.45, 7) is 1.93. The molecule has 4 heteroatoms. The Kier molecular flexibility index (Phi) is 4.51. The third-order valence-electron chi connectivity index (χ3n) is 2.71. The van der Waals surface area contributed by atoms with Crippen LogP contribution < -0.4 is 0 Å². The second-order valence-electron chi connectivity index (χ2n) is 4.21. The van der Waals surface area contributed by atoms with Crippen LogP contribution in [0.1, 0.15) is 11.1 Å². The van der Waals surface area contributed by atoms with E-state index in [9.17, 15) is 4.79 Å². The van der Waals surface area contributed by atoms with Crippen molar-refractivity contribution >= 4 is 29.3 Å². The molecule has 0 spiro atoms. The molecule has 19 heavy (non-hydrogen) atoms. The van der Waals surface area contributed by atoms with E-state index in [0.717, 1.165) is 25.9 Å². The highest BCUT2D eigenvalue weighted by Gasteiger charge is 2.05. The number of benzene rings is 2. The van der Waals surface area contributed by atoms with Gasteiger partial charge in [-0.15, -0.1) is 0 Å². The number of carbonyl (C=O) groups is 1. The van der Waals surface area contributed by atoms with Gasteiger partial charge in [-0.1, -0.05) is 29.4 Å². The maximum atomic E-state index is 10.7. The predicted octanol–water partition coefficient (Wildman–Crippen LogP) is 4.43. The average Bonchev–Trinajstić information content (AvgIpc) is 2.35. The van der Waals surface area contributed by atoms with Gasteiger partial charge in [-0.05, 0) is 54.4 Å². The van der Waals surface area contributed by atoms with E-state index in [1.54, 1.807) is 11.8 Å². The molecule has 2 aromatic carbocycles. The lowest BCUT2D eigenvalue weighted by Crippen LogP contribution is -2.01. The van der Waals surface area contributed by atoms with Crippen LogP contribution in [0.2, 0.25) is 5.02 Å². The van der Waals surface area contributed by atoms with Crippen molar-refractivity contribution in [2.24, 2.45) is 0 Å². The molecule has 0 heterocycles. The summed E-state index contributed by atoms with van der Waals surface area (Å²) in [6.07, 6.45) is 0.0672. The summed E-state index contributed by atoms with van der Waals surface area (Å²) in [4.78, 5) is 12.9. The van der Waals surface area contributed by atoms with E-state index in [-0.39, 0.29) is 6.42 Å². The lowest BCUT2D eigenvalue weighted by molar-refractivity contribution is -0.136. The van der Waals surface area contributed by atoms with Crippen LogP contribution in [0.5, 0.6) is 0 Å². The molecule has 0 amide bonds. The van der Waals surface area contributed by atoms with Gasteiger partial charge in [0.05, 0.1) is 6.42 Å². The number of hydrogen-bond acceptors (Lipinski definition) is 2. The van der Waals surface area contributed by atoms with Crippen LogP contribution in [-0.2, 0) is 11.2 Å². The maximum absolute atomic E-state index is 10.7. The summed E-state index contributed by atoms with van der Waals surface area (Å²) >= 11 is 7.48. The van der Waals surface area contributed by atoms with Crippen molar-refractivity contribution in [1.82, 2.24) is 0 Å². The minimum atomic E-state index is -0.804. The Balaban J connectivity index is 2.15. The van der Waals surface area contributed by atoms with E-state index < -0.39 is 5.97 Å². The fraction of sp³-hybridized carbons (Fsp3) is 0.133. The lowest BCUT2D eigenvalue weighted by atomic mass is 10.1. The zero-order valence-corrected chi connectivity index (χ0v) is 12.0. The number of carboxylic acid groups (broad SMARTS) is 1. The van der Waals surface area contributed by atoms with Crippen LogP contribution >= 0.6 is 23.4 Å². The van der Waals surface area contributed by atoms with Gasteiger partial charge in [-0.3, -0.25) is 4.79 Å². The van der Waals surface area contributed by atoms with Gasteiger partial charge in [0.2, 0.25) is 0 Å². The zero-order chi connectivity index (χ0) is 13.8. The van der Waals surface area contributed by atoms with Crippen LogP contribution in [0.15, 0.2) is 52.3 Å². The molecule has 0 fully saturated rings. The van der Waals surface area contributed by atoms with E-state index in [2.05, 4.69) is 0 Å². The molecule has 0 aliphatic rings. The Morgan fingerprint density at radius 2 is 1.79 bits per heavy atom. The van der Waals surface area contributed by atoms with Gasteiger partial charge in [-0.25, -0.2) is 0 Å². The number of halogens is 1. The Morgan fingerprint density at radius 3 is 2.37 bits per heavy atom. The molecule has 0 atom stereocenters. The Morgan fingerprint density at radius 1 is 1.16 bits per heavy atom. The Hall–Kier alpha value is -1.45. The molecule has 0 unspecified atom stereocenters. The summed E-state index contributed by atoms with van der Waals surface area (Å²) in [5, 5.41) is 9.52. The first-order valence-electron chi connectivity index (χ1n) is 5.79. The quantitative estimate of drug-likeness (QED) is 0.906. The van der Waals surface area contributed by atoms with E-state index >= 15 is 0 Å². The van der Waals surface area contributed by atoms with Crippen molar-refractivity contribution in [3.63, 3.8) is 0 Å².